The zero-order valence-corrected chi connectivity index (χ0v) is 23.4. The van der Waals surface area contributed by atoms with Gasteiger partial charge in [-0.15, -0.1) is 5.10 Å². The molecule has 0 amide bonds. The van der Waals surface area contributed by atoms with Crippen molar-refractivity contribution in [1.29, 1.82) is 0 Å². The number of halogens is 1. The largest absolute Gasteiger partial charge is 0.497 e. The summed E-state index contributed by atoms with van der Waals surface area (Å²) in [7, 11) is 3.14. The molecule has 0 aliphatic heterocycles. The number of carboxylic acids is 1. The normalized spacial score (nSPS) is 11.6. The molecule has 10 heteroatoms. The molecule has 0 aliphatic rings. The van der Waals surface area contributed by atoms with Gasteiger partial charge in [0.25, 0.3) is 0 Å². The number of nitrogens with zero attached hydrogens (tertiary/aromatic N) is 3. The lowest BCUT2D eigenvalue weighted by atomic mass is 10.2. The Balaban J connectivity index is 1.65. The lowest BCUT2D eigenvalue weighted by Crippen LogP contribution is -2.01. The van der Waals surface area contributed by atoms with Crippen LogP contribution in [0.1, 0.15) is 22.5 Å². The Labute approximate surface area is 226 Å². The average Bonchev–Trinajstić information content (AvgIpc) is 3.44. The number of carbonyl (C=O) groups is 1. The highest BCUT2D eigenvalue weighted by Gasteiger charge is 2.18. The molecule has 36 heavy (non-hydrogen) atoms. The van der Waals surface area contributed by atoms with Crippen molar-refractivity contribution in [3.8, 4) is 28.6 Å². The zero-order valence-electron chi connectivity index (χ0n) is 20.4. The molecular formula is C26H25IN4O4S. The van der Waals surface area contributed by atoms with Gasteiger partial charge in [0.1, 0.15) is 16.4 Å². The zero-order chi connectivity index (χ0) is 26.0. The van der Waals surface area contributed by atoms with Gasteiger partial charge in [0, 0.05) is 32.3 Å². The standard InChI is InChI=1S/C26H25IN4O4S/c1-14-6-7-19(12-22(14)27)31-15(2)8-17(16(31)3)11-23(25(32)33)36-26-28-24(29-30-26)18-9-20(34-4)13-21(10-18)35-5/h6-13H,1-5H3,(H,32,33)(H,28,29,30)/b23-11-. The van der Waals surface area contributed by atoms with Crippen molar-refractivity contribution >= 4 is 46.4 Å². The lowest BCUT2D eigenvalue weighted by Gasteiger charge is -2.11. The fraction of sp³-hybridized carbons (Fsp3) is 0.192. The number of H-pyrrole nitrogens is 1. The number of nitrogens with one attached hydrogen (secondary N) is 1. The maximum Gasteiger partial charge on any atom is 0.342 e. The number of carboxylic acid groups (broad SMARTS) is 1. The number of methoxy groups -OCH3 is 2. The Kier molecular flexibility index (Phi) is 7.74. The number of hydrogen-bond donors (Lipinski definition) is 2. The van der Waals surface area contributed by atoms with Gasteiger partial charge in [-0.2, -0.15) is 0 Å². The minimum atomic E-state index is -1.05. The Morgan fingerprint density at radius 3 is 2.39 bits per heavy atom. The molecule has 2 aromatic carbocycles. The highest BCUT2D eigenvalue weighted by Crippen LogP contribution is 2.32. The average molecular weight is 616 g/mol. The van der Waals surface area contributed by atoms with Crippen LogP contribution in [0.4, 0.5) is 0 Å². The Morgan fingerprint density at radius 1 is 1.08 bits per heavy atom. The van der Waals surface area contributed by atoms with E-state index in [2.05, 4.69) is 67.5 Å². The topological polar surface area (TPSA) is 102 Å². The van der Waals surface area contributed by atoms with E-state index in [0.29, 0.717) is 28.0 Å². The molecule has 0 unspecified atom stereocenters. The maximum absolute atomic E-state index is 12.1. The molecule has 4 aromatic rings. The van der Waals surface area contributed by atoms with Crippen LogP contribution in [0.5, 0.6) is 11.5 Å². The summed E-state index contributed by atoms with van der Waals surface area (Å²) in [5.41, 5.74) is 5.75. The molecule has 0 saturated carbocycles. The van der Waals surface area contributed by atoms with Gasteiger partial charge in [-0.25, -0.2) is 9.78 Å². The number of thioether (sulfide) groups is 1. The van der Waals surface area contributed by atoms with E-state index >= 15 is 0 Å². The smallest absolute Gasteiger partial charge is 0.342 e. The van der Waals surface area contributed by atoms with Crippen LogP contribution in [-0.4, -0.2) is 45.0 Å². The molecule has 0 atom stereocenters. The van der Waals surface area contributed by atoms with Crippen LogP contribution in [0, 0.1) is 24.3 Å². The molecule has 186 valence electrons. The molecular weight excluding hydrogens is 591 g/mol. The third kappa shape index (κ3) is 5.44. The van der Waals surface area contributed by atoms with Crippen LogP contribution in [0.25, 0.3) is 23.2 Å². The number of benzene rings is 2. The summed E-state index contributed by atoms with van der Waals surface area (Å²) in [6.45, 7) is 6.07. The summed E-state index contributed by atoms with van der Waals surface area (Å²) in [5, 5.41) is 17.3. The molecule has 4 rings (SSSR count). The third-order valence-electron chi connectivity index (χ3n) is 5.67. The number of hydrogen-bond acceptors (Lipinski definition) is 6. The van der Waals surface area contributed by atoms with E-state index in [9.17, 15) is 9.90 Å². The van der Waals surface area contributed by atoms with Gasteiger partial charge >= 0.3 is 5.97 Å². The van der Waals surface area contributed by atoms with Crippen LogP contribution >= 0.6 is 34.4 Å². The third-order valence-corrected chi connectivity index (χ3v) is 7.71. The second kappa shape index (κ2) is 10.8. The molecule has 8 nitrogen and oxygen atoms in total. The number of ether oxygens (including phenoxy) is 2. The Bertz CT molecular complexity index is 1450. The number of aromatic nitrogens is 4. The molecule has 0 saturated heterocycles. The first-order chi connectivity index (χ1) is 17.2. The molecule has 2 heterocycles. The van der Waals surface area contributed by atoms with Gasteiger partial charge in [-0.3, -0.25) is 5.10 Å². The summed E-state index contributed by atoms with van der Waals surface area (Å²) in [5.74, 6) is 0.648. The van der Waals surface area contributed by atoms with E-state index in [1.54, 1.807) is 38.5 Å². The lowest BCUT2D eigenvalue weighted by molar-refractivity contribution is -0.131. The Hall–Kier alpha value is -3.25. The van der Waals surface area contributed by atoms with Gasteiger partial charge in [-0.1, -0.05) is 6.07 Å². The van der Waals surface area contributed by atoms with Crippen molar-refractivity contribution in [1.82, 2.24) is 19.7 Å². The SMILES string of the molecule is COc1cc(OC)cc(-c2nc(S/C(=C\c3cc(C)n(-c4ccc(C)c(I)c4)c3C)C(=O)O)n[nH]2)c1. The van der Waals surface area contributed by atoms with Crippen LogP contribution in [0.3, 0.4) is 0 Å². The van der Waals surface area contributed by atoms with Gasteiger partial charge < -0.3 is 19.1 Å². The van der Waals surface area contributed by atoms with E-state index in [0.717, 1.165) is 34.4 Å². The van der Waals surface area contributed by atoms with Crippen LogP contribution in [0.2, 0.25) is 0 Å². The summed E-state index contributed by atoms with van der Waals surface area (Å²) >= 11 is 3.31. The Morgan fingerprint density at radius 2 is 1.78 bits per heavy atom. The molecule has 0 aliphatic carbocycles. The van der Waals surface area contributed by atoms with Crippen molar-refractivity contribution < 1.29 is 19.4 Å². The summed E-state index contributed by atoms with van der Waals surface area (Å²) in [4.78, 5) is 16.7. The van der Waals surface area contributed by atoms with Crippen molar-refractivity contribution in [2.45, 2.75) is 25.9 Å². The summed E-state index contributed by atoms with van der Waals surface area (Å²) in [6, 6.07) is 13.6. The van der Waals surface area contributed by atoms with Gasteiger partial charge in [0.15, 0.2) is 5.82 Å². The van der Waals surface area contributed by atoms with Crippen LogP contribution < -0.4 is 9.47 Å². The van der Waals surface area contributed by atoms with Gasteiger partial charge in [0.2, 0.25) is 5.16 Å². The van der Waals surface area contributed by atoms with E-state index < -0.39 is 5.97 Å². The molecule has 0 radical (unpaired) electrons. The van der Waals surface area contributed by atoms with Crippen molar-refractivity contribution in [3.05, 3.63) is 73.5 Å². The second-order valence-electron chi connectivity index (χ2n) is 8.08. The first kappa shape index (κ1) is 25.8. The number of aromatic amines is 1. The maximum atomic E-state index is 12.1. The van der Waals surface area contributed by atoms with Crippen molar-refractivity contribution in [3.63, 3.8) is 0 Å². The quantitative estimate of drug-likeness (QED) is 0.142. The predicted molar refractivity (Wildman–Crippen MR) is 149 cm³/mol. The predicted octanol–water partition coefficient (Wildman–Crippen LogP) is 6.03. The van der Waals surface area contributed by atoms with Gasteiger partial charge in [-0.05, 0) is 103 Å². The number of aryl methyl sites for hydroxylation is 2. The first-order valence-corrected chi connectivity index (χ1v) is 12.8. The van der Waals surface area contributed by atoms with Crippen molar-refractivity contribution in [2.24, 2.45) is 0 Å². The van der Waals surface area contributed by atoms with Crippen LogP contribution in [0.15, 0.2) is 52.5 Å². The molecule has 2 aromatic heterocycles. The molecule has 2 N–H and O–H groups in total. The molecule has 0 fully saturated rings. The van der Waals surface area contributed by atoms with Crippen molar-refractivity contribution in [2.75, 3.05) is 14.2 Å². The molecule has 0 spiro atoms. The second-order valence-corrected chi connectivity index (χ2v) is 10.3. The summed E-state index contributed by atoms with van der Waals surface area (Å²) < 4.78 is 13.9. The minimum absolute atomic E-state index is 0.113. The summed E-state index contributed by atoms with van der Waals surface area (Å²) in [6.07, 6.45) is 1.66. The van der Waals surface area contributed by atoms with E-state index in [1.807, 2.05) is 19.9 Å². The fourth-order valence-corrected chi connectivity index (χ4v) is 4.99. The van der Waals surface area contributed by atoms with E-state index in [1.165, 1.54) is 9.13 Å². The monoisotopic (exact) mass is 616 g/mol. The highest BCUT2D eigenvalue weighted by atomic mass is 127. The first-order valence-electron chi connectivity index (χ1n) is 10.9. The van der Waals surface area contributed by atoms with Gasteiger partial charge in [0.05, 0.1) is 14.2 Å². The highest BCUT2D eigenvalue weighted by molar-refractivity contribution is 14.1. The van der Waals surface area contributed by atoms with E-state index in [4.69, 9.17) is 9.47 Å². The number of rotatable bonds is 8. The van der Waals surface area contributed by atoms with Crippen LogP contribution in [-0.2, 0) is 4.79 Å². The molecule has 0 bridgehead atoms. The minimum Gasteiger partial charge on any atom is -0.497 e. The fourth-order valence-electron chi connectivity index (χ4n) is 3.79. The van der Waals surface area contributed by atoms with E-state index in [-0.39, 0.29) is 4.91 Å². The number of aliphatic carboxylic acids is 1.